The minimum Gasteiger partial charge on any atom is -1.00 e. The molecular formula is H5ClMgOZn. The summed E-state index contributed by atoms with van der Waals surface area (Å²) in [4.78, 5) is 0. The topological polar surface area (TPSA) is 31.5 Å². The maximum absolute atomic E-state index is 0. The fourth-order valence-electron chi connectivity index (χ4n) is 0. The van der Waals surface area contributed by atoms with Crippen molar-refractivity contribution in [3.05, 3.63) is 0 Å². The zero-order valence-electron chi connectivity index (χ0n) is 4.32. The second-order valence-corrected chi connectivity index (χ2v) is 0. The molecule has 0 aliphatic heterocycles. The van der Waals surface area contributed by atoms with Gasteiger partial charge < -0.3 is 8.33 Å². The summed E-state index contributed by atoms with van der Waals surface area (Å²) in [6.45, 7) is 0. The van der Waals surface area contributed by atoms with Gasteiger partial charge in [-0.1, -0.05) is 0 Å². The van der Waals surface area contributed by atoms with Crippen LogP contribution in [0.1, 0.15) is 2.85 Å². The van der Waals surface area contributed by atoms with Crippen molar-refractivity contribution in [1.29, 1.82) is 0 Å². The molecule has 0 atom stereocenters. The summed E-state index contributed by atoms with van der Waals surface area (Å²) in [5.41, 5.74) is 0. The smallest absolute Gasteiger partial charge is 1.00 e. The van der Waals surface area contributed by atoms with E-state index in [-0.39, 0.29) is 63.3 Å². The molecule has 0 radical (unpaired) electrons. The molecule has 0 rings (SSSR count). The molecule has 2 N–H and O–H groups in total. The van der Waals surface area contributed by atoms with Gasteiger partial charge in [0.1, 0.15) is 0 Å². The maximum Gasteiger partial charge on any atom is 2.00 e. The van der Waals surface area contributed by atoms with Gasteiger partial charge in [0.15, 0.2) is 0 Å². The summed E-state index contributed by atoms with van der Waals surface area (Å²) in [5.74, 6) is 0. The van der Waals surface area contributed by atoms with E-state index in [0.717, 1.165) is 0 Å². The molecule has 0 aromatic heterocycles. The van der Waals surface area contributed by atoms with Crippen LogP contribution in [0.4, 0.5) is 0 Å². The Morgan fingerprint density at radius 2 is 1.25 bits per heavy atom. The second-order valence-electron chi connectivity index (χ2n) is 0. The van der Waals surface area contributed by atoms with Gasteiger partial charge in [-0.3, -0.25) is 0 Å². The van der Waals surface area contributed by atoms with Crippen LogP contribution >= 0.6 is 12.4 Å². The van der Waals surface area contributed by atoms with Crippen LogP contribution in [-0.2, 0) is 19.5 Å². The summed E-state index contributed by atoms with van der Waals surface area (Å²) in [6, 6.07) is 0. The normalized spacial score (nSPS) is 0. The summed E-state index contributed by atoms with van der Waals surface area (Å²) >= 11 is 0. The van der Waals surface area contributed by atoms with Crippen molar-refractivity contribution >= 4 is 35.5 Å². The van der Waals surface area contributed by atoms with Crippen LogP contribution in [0.15, 0.2) is 0 Å². The van der Waals surface area contributed by atoms with E-state index in [1.165, 1.54) is 0 Å². The van der Waals surface area contributed by atoms with Crippen molar-refractivity contribution in [2.24, 2.45) is 0 Å². The molecule has 4 heavy (non-hydrogen) atoms. The van der Waals surface area contributed by atoms with Gasteiger partial charge in [-0.25, -0.2) is 0 Å². The average molecular weight is 146 g/mol. The van der Waals surface area contributed by atoms with Crippen molar-refractivity contribution in [2.45, 2.75) is 0 Å². The van der Waals surface area contributed by atoms with Crippen LogP contribution in [-0.4, -0.2) is 28.5 Å². The molecule has 0 bridgehead atoms. The minimum absolute atomic E-state index is 0. The Morgan fingerprint density at radius 1 is 1.25 bits per heavy atom. The molecule has 4 heteroatoms. The maximum atomic E-state index is 0. The zero-order valence-corrected chi connectivity index (χ0v) is 7.52. The standard InChI is InChI=1S/ClH.Mg.H2O.Zn.2H/h1H;;1H2;;;/q;+2;;;2*-1. The Kier molecular flexibility index (Phi) is 258. The molecule has 0 amide bonds. The van der Waals surface area contributed by atoms with Gasteiger partial charge in [-0.2, -0.15) is 0 Å². The fraction of sp³-hybridized carbons (Fsp3) is 0. The molecule has 0 aromatic rings. The largest absolute Gasteiger partial charge is 2.00 e. The first-order valence-corrected chi connectivity index (χ1v) is 0. The van der Waals surface area contributed by atoms with E-state index in [0.29, 0.717) is 0 Å². The third-order valence-electron chi connectivity index (χ3n) is 0. The first kappa shape index (κ1) is 45.2. The van der Waals surface area contributed by atoms with E-state index >= 15 is 0 Å². The molecule has 0 aliphatic carbocycles. The quantitative estimate of drug-likeness (QED) is 0.410. The number of halogens is 1. The summed E-state index contributed by atoms with van der Waals surface area (Å²) < 4.78 is 0. The molecule has 22 valence electrons. The summed E-state index contributed by atoms with van der Waals surface area (Å²) in [7, 11) is 0. The van der Waals surface area contributed by atoms with Crippen LogP contribution in [0, 0.1) is 0 Å². The predicted octanol–water partition coefficient (Wildman–Crippen LogP) is -0.561. The first-order chi connectivity index (χ1) is 0. The Hall–Kier alpha value is 1.64. The van der Waals surface area contributed by atoms with E-state index in [1.54, 1.807) is 0 Å². The van der Waals surface area contributed by atoms with E-state index in [4.69, 9.17) is 0 Å². The average Bonchev–Trinajstić information content (AvgIpc) is 0. The molecular weight excluding hydrogens is 141 g/mol. The minimum atomic E-state index is 0. The predicted molar refractivity (Wildman–Crippen MR) is 18.8 cm³/mol. The molecule has 1 nitrogen and oxygen atoms in total. The van der Waals surface area contributed by atoms with Gasteiger partial charge in [0.05, 0.1) is 0 Å². The number of hydrogen-bond donors (Lipinski definition) is 0. The summed E-state index contributed by atoms with van der Waals surface area (Å²) in [6.07, 6.45) is 0. The van der Waals surface area contributed by atoms with Crippen LogP contribution in [0.3, 0.4) is 0 Å². The molecule has 0 saturated heterocycles. The molecule has 0 aliphatic rings. The van der Waals surface area contributed by atoms with E-state index < -0.39 is 0 Å². The van der Waals surface area contributed by atoms with Crippen LogP contribution in [0.2, 0.25) is 0 Å². The van der Waals surface area contributed by atoms with E-state index in [2.05, 4.69) is 0 Å². The zero-order chi connectivity index (χ0) is 0. The number of hydrogen-bond acceptors (Lipinski definition) is 0. The molecule has 0 fully saturated rings. The molecule has 0 unspecified atom stereocenters. The monoisotopic (exact) mass is 144 g/mol. The van der Waals surface area contributed by atoms with Crippen molar-refractivity contribution in [2.75, 3.05) is 0 Å². The first-order valence-electron chi connectivity index (χ1n) is 0. The Bertz CT molecular complexity index is 13.5. The SMILES string of the molecule is Cl.O.[H-].[H-].[Mg+2].[Zn]. The van der Waals surface area contributed by atoms with E-state index in [1.807, 2.05) is 0 Å². The Labute approximate surface area is 63.1 Å². The fourth-order valence-corrected chi connectivity index (χ4v) is 0. The second kappa shape index (κ2) is 22.9. The van der Waals surface area contributed by atoms with Crippen LogP contribution < -0.4 is 0 Å². The van der Waals surface area contributed by atoms with E-state index in [9.17, 15) is 0 Å². The number of rotatable bonds is 0. The third-order valence-corrected chi connectivity index (χ3v) is 0. The van der Waals surface area contributed by atoms with Crippen LogP contribution in [0.5, 0.6) is 0 Å². The molecule has 0 heterocycles. The van der Waals surface area contributed by atoms with Gasteiger partial charge in [0.25, 0.3) is 0 Å². The Morgan fingerprint density at radius 3 is 1.25 bits per heavy atom. The molecule has 0 saturated carbocycles. The van der Waals surface area contributed by atoms with Crippen molar-refractivity contribution < 1.29 is 27.8 Å². The third kappa shape index (κ3) is 9.43. The van der Waals surface area contributed by atoms with Gasteiger partial charge in [0.2, 0.25) is 0 Å². The Balaban J connectivity index is 0. The van der Waals surface area contributed by atoms with Gasteiger partial charge in [0, 0.05) is 19.5 Å². The van der Waals surface area contributed by atoms with Crippen LogP contribution in [0.25, 0.3) is 0 Å². The summed E-state index contributed by atoms with van der Waals surface area (Å²) in [5, 5.41) is 0. The van der Waals surface area contributed by atoms with Crippen molar-refractivity contribution in [3.8, 4) is 0 Å². The van der Waals surface area contributed by atoms with Gasteiger partial charge in [-0.15, -0.1) is 12.4 Å². The van der Waals surface area contributed by atoms with Gasteiger partial charge >= 0.3 is 23.1 Å². The van der Waals surface area contributed by atoms with Gasteiger partial charge in [-0.05, 0) is 0 Å². The molecule has 0 spiro atoms. The van der Waals surface area contributed by atoms with Crippen molar-refractivity contribution in [3.63, 3.8) is 0 Å². The van der Waals surface area contributed by atoms with Crippen molar-refractivity contribution in [1.82, 2.24) is 0 Å². The molecule has 0 aromatic carbocycles.